The zero-order valence-corrected chi connectivity index (χ0v) is 30.0. The lowest BCUT2D eigenvalue weighted by Crippen LogP contribution is -2.18. The number of carboxylic acids is 1. The van der Waals surface area contributed by atoms with Gasteiger partial charge in [0.1, 0.15) is 6.10 Å². The molecule has 0 aliphatic carbocycles. The van der Waals surface area contributed by atoms with Crippen LogP contribution < -0.4 is 0 Å². The molecule has 0 aromatic heterocycles. The van der Waals surface area contributed by atoms with E-state index in [4.69, 9.17) is 9.84 Å². The lowest BCUT2D eigenvalue weighted by Gasteiger charge is -2.17. The smallest absolute Gasteiger partial charge is 0.306 e. The molecule has 0 amide bonds. The molecule has 0 spiro atoms. The molecule has 0 aromatic carbocycles. The van der Waals surface area contributed by atoms with Gasteiger partial charge in [0, 0.05) is 12.8 Å². The SMILES string of the molecule is CCCCCCCCCCCCCCCCCCCC(=O)OC(CCC)CCCCCCCCCCCCCCCC(=O)O. The molecule has 1 N–H and O–H groups in total. The zero-order valence-electron chi connectivity index (χ0n) is 30.0. The van der Waals surface area contributed by atoms with Gasteiger partial charge in [-0.1, -0.05) is 194 Å². The fourth-order valence-electron chi connectivity index (χ4n) is 6.42. The Balaban J connectivity index is 3.48. The molecule has 1 unspecified atom stereocenters. The summed E-state index contributed by atoms with van der Waals surface area (Å²) < 4.78 is 5.88. The van der Waals surface area contributed by atoms with Crippen LogP contribution in [0.1, 0.15) is 239 Å². The Hall–Kier alpha value is -1.06. The molecular weight excluding hydrogens is 544 g/mol. The quantitative estimate of drug-likeness (QED) is 0.0553. The third-order valence-electron chi connectivity index (χ3n) is 9.31. The topological polar surface area (TPSA) is 63.6 Å². The number of rotatable bonds is 37. The van der Waals surface area contributed by atoms with Crippen LogP contribution >= 0.6 is 0 Å². The first-order valence-corrected chi connectivity index (χ1v) is 20.0. The maximum Gasteiger partial charge on any atom is 0.306 e. The first-order valence-electron chi connectivity index (χ1n) is 20.0. The van der Waals surface area contributed by atoms with E-state index in [1.165, 1.54) is 173 Å². The third kappa shape index (κ3) is 35.4. The summed E-state index contributed by atoms with van der Waals surface area (Å²) in [6, 6.07) is 0. The molecule has 0 aliphatic heterocycles. The number of esters is 1. The van der Waals surface area contributed by atoms with Crippen LogP contribution in [0.4, 0.5) is 0 Å². The second-order valence-electron chi connectivity index (χ2n) is 13.8. The van der Waals surface area contributed by atoms with Crippen molar-refractivity contribution < 1.29 is 19.4 Å². The summed E-state index contributed by atoms with van der Waals surface area (Å²) in [7, 11) is 0. The Morgan fingerprint density at radius 2 is 0.727 bits per heavy atom. The second-order valence-corrected chi connectivity index (χ2v) is 13.8. The summed E-state index contributed by atoms with van der Waals surface area (Å²) >= 11 is 0. The minimum absolute atomic E-state index is 0.0321. The zero-order chi connectivity index (χ0) is 32.2. The maximum absolute atomic E-state index is 12.4. The van der Waals surface area contributed by atoms with Gasteiger partial charge in [0.15, 0.2) is 0 Å². The van der Waals surface area contributed by atoms with Crippen LogP contribution in [0.2, 0.25) is 0 Å². The normalized spacial score (nSPS) is 12.0. The van der Waals surface area contributed by atoms with E-state index in [2.05, 4.69) is 13.8 Å². The molecular formula is C40H78O4. The van der Waals surface area contributed by atoms with Crippen LogP contribution in [0.3, 0.4) is 0 Å². The molecule has 1 atom stereocenters. The van der Waals surface area contributed by atoms with Gasteiger partial charge in [-0.25, -0.2) is 0 Å². The highest BCUT2D eigenvalue weighted by atomic mass is 16.5. The van der Waals surface area contributed by atoms with E-state index >= 15 is 0 Å². The molecule has 262 valence electrons. The van der Waals surface area contributed by atoms with E-state index in [1.54, 1.807) is 0 Å². The highest BCUT2D eigenvalue weighted by molar-refractivity contribution is 5.69. The minimum atomic E-state index is -0.666. The Morgan fingerprint density at radius 1 is 0.409 bits per heavy atom. The van der Waals surface area contributed by atoms with Crippen LogP contribution in [-0.2, 0) is 14.3 Å². The van der Waals surface area contributed by atoms with Gasteiger partial charge >= 0.3 is 11.9 Å². The lowest BCUT2D eigenvalue weighted by molar-refractivity contribution is -0.150. The Kier molecular flexibility index (Phi) is 35.5. The number of ether oxygens (including phenoxy) is 1. The van der Waals surface area contributed by atoms with E-state index in [1.807, 2.05) is 0 Å². The Labute approximate surface area is 275 Å². The molecule has 4 heteroatoms. The van der Waals surface area contributed by atoms with E-state index in [-0.39, 0.29) is 12.1 Å². The Morgan fingerprint density at radius 3 is 1.07 bits per heavy atom. The van der Waals surface area contributed by atoms with Crippen molar-refractivity contribution in [2.45, 2.75) is 245 Å². The number of carboxylic acid groups (broad SMARTS) is 1. The van der Waals surface area contributed by atoms with Crippen molar-refractivity contribution in [1.29, 1.82) is 0 Å². The summed E-state index contributed by atoms with van der Waals surface area (Å²) in [5, 5.41) is 8.66. The number of aliphatic carboxylic acids is 1. The van der Waals surface area contributed by atoms with Crippen molar-refractivity contribution in [1.82, 2.24) is 0 Å². The van der Waals surface area contributed by atoms with Crippen molar-refractivity contribution in [2.24, 2.45) is 0 Å². The summed E-state index contributed by atoms with van der Waals surface area (Å²) in [4.78, 5) is 22.9. The van der Waals surface area contributed by atoms with Crippen molar-refractivity contribution >= 4 is 11.9 Å². The van der Waals surface area contributed by atoms with Gasteiger partial charge < -0.3 is 9.84 Å². The average molecular weight is 623 g/mol. The first kappa shape index (κ1) is 42.9. The molecule has 0 saturated heterocycles. The molecule has 0 bridgehead atoms. The van der Waals surface area contributed by atoms with Crippen molar-refractivity contribution in [2.75, 3.05) is 0 Å². The van der Waals surface area contributed by atoms with E-state index in [0.717, 1.165) is 38.5 Å². The monoisotopic (exact) mass is 623 g/mol. The summed E-state index contributed by atoms with van der Waals surface area (Å²) in [5.41, 5.74) is 0. The molecule has 0 radical (unpaired) electrons. The van der Waals surface area contributed by atoms with Crippen LogP contribution in [0.5, 0.6) is 0 Å². The average Bonchev–Trinajstić information content (AvgIpc) is 3.00. The predicted molar refractivity (Wildman–Crippen MR) is 190 cm³/mol. The van der Waals surface area contributed by atoms with Crippen LogP contribution in [-0.4, -0.2) is 23.1 Å². The summed E-state index contributed by atoms with van der Waals surface area (Å²) in [6.45, 7) is 4.48. The van der Waals surface area contributed by atoms with Gasteiger partial charge in [0.25, 0.3) is 0 Å². The van der Waals surface area contributed by atoms with Gasteiger partial charge in [-0.3, -0.25) is 9.59 Å². The molecule has 0 aliphatic rings. The summed E-state index contributed by atoms with van der Waals surface area (Å²) in [6.07, 6.45) is 43.4. The Bertz CT molecular complexity index is 590. The van der Waals surface area contributed by atoms with E-state index in [9.17, 15) is 9.59 Å². The highest BCUT2D eigenvalue weighted by Gasteiger charge is 2.13. The first-order chi connectivity index (χ1) is 21.6. The van der Waals surface area contributed by atoms with Gasteiger partial charge in [-0.2, -0.15) is 0 Å². The van der Waals surface area contributed by atoms with Crippen LogP contribution in [0.15, 0.2) is 0 Å². The predicted octanol–water partition coefficient (Wildman–Crippen LogP) is 13.7. The number of hydrogen-bond acceptors (Lipinski definition) is 3. The highest BCUT2D eigenvalue weighted by Crippen LogP contribution is 2.18. The lowest BCUT2D eigenvalue weighted by atomic mass is 10.0. The van der Waals surface area contributed by atoms with Crippen LogP contribution in [0.25, 0.3) is 0 Å². The number of carbonyl (C=O) groups excluding carboxylic acids is 1. The summed E-state index contributed by atoms with van der Waals surface area (Å²) in [5.74, 6) is -0.634. The molecule has 0 fully saturated rings. The van der Waals surface area contributed by atoms with E-state index < -0.39 is 5.97 Å². The minimum Gasteiger partial charge on any atom is -0.481 e. The molecule has 44 heavy (non-hydrogen) atoms. The van der Waals surface area contributed by atoms with Crippen molar-refractivity contribution in [3.63, 3.8) is 0 Å². The van der Waals surface area contributed by atoms with Gasteiger partial charge in [0.2, 0.25) is 0 Å². The molecule has 0 saturated carbocycles. The third-order valence-corrected chi connectivity index (χ3v) is 9.31. The molecule has 0 aromatic rings. The second kappa shape index (κ2) is 36.4. The fourth-order valence-corrected chi connectivity index (χ4v) is 6.42. The van der Waals surface area contributed by atoms with E-state index in [0.29, 0.717) is 12.8 Å². The number of hydrogen-bond donors (Lipinski definition) is 1. The fraction of sp³-hybridized carbons (Fsp3) is 0.950. The molecule has 0 rings (SSSR count). The largest absolute Gasteiger partial charge is 0.481 e. The van der Waals surface area contributed by atoms with Crippen LogP contribution in [0, 0.1) is 0 Å². The molecule has 4 nitrogen and oxygen atoms in total. The van der Waals surface area contributed by atoms with Gasteiger partial charge in [-0.05, 0) is 32.1 Å². The van der Waals surface area contributed by atoms with Crippen molar-refractivity contribution in [3.8, 4) is 0 Å². The van der Waals surface area contributed by atoms with Gasteiger partial charge in [-0.15, -0.1) is 0 Å². The van der Waals surface area contributed by atoms with Crippen molar-refractivity contribution in [3.05, 3.63) is 0 Å². The van der Waals surface area contributed by atoms with Gasteiger partial charge in [0.05, 0.1) is 0 Å². The maximum atomic E-state index is 12.4. The standard InChI is InChI=1S/C40H78O4/c1-3-5-6-7-8-9-10-11-12-13-14-18-21-24-27-30-33-37-40(43)44-38(34-4-2)35-31-28-25-22-19-16-15-17-20-23-26-29-32-36-39(41)42/h38H,3-37H2,1-2H3,(H,41,42). The number of unbranched alkanes of at least 4 members (excludes halogenated alkanes) is 28. The number of carbonyl (C=O) groups is 2. The molecule has 0 heterocycles.